The van der Waals surface area contributed by atoms with Gasteiger partial charge in [-0.3, -0.25) is 0 Å². The van der Waals surface area contributed by atoms with E-state index in [9.17, 15) is 5.11 Å². The lowest BCUT2D eigenvalue weighted by Crippen LogP contribution is -2.46. The zero-order valence-electron chi connectivity index (χ0n) is 8.42. The van der Waals surface area contributed by atoms with E-state index < -0.39 is 31.1 Å². The van der Waals surface area contributed by atoms with Crippen LogP contribution in [0.2, 0.25) is 0 Å². The smallest absolute Gasteiger partial charge is 0.172 e. The Hall–Kier alpha value is -0.240. The van der Waals surface area contributed by atoms with Gasteiger partial charge in [0.15, 0.2) is 6.29 Å². The predicted octanol–water partition coefficient (Wildman–Crippen LogP) is -2.36. The van der Waals surface area contributed by atoms with E-state index in [0.717, 1.165) is 0 Å². The highest BCUT2D eigenvalue weighted by molar-refractivity contribution is 4.70. The third-order valence-electron chi connectivity index (χ3n) is 1.94. The van der Waals surface area contributed by atoms with Crippen LogP contribution in [0.3, 0.4) is 0 Å². The van der Waals surface area contributed by atoms with Gasteiger partial charge in [0, 0.05) is 0 Å². The van der Waals surface area contributed by atoms with E-state index in [-0.39, 0.29) is 6.61 Å². The molecule has 0 aliphatic carbocycles. The van der Waals surface area contributed by atoms with Gasteiger partial charge in [0.2, 0.25) is 0 Å². The van der Waals surface area contributed by atoms with Gasteiger partial charge in [-0.15, -0.1) is 0 Å². The minimum Gasteiger partial charge on any atom is -0.395 e. The summed E-state index contributed by atoms with van der Waals surface area (Å²) < 4.78 is 4.94. The summed E-state index contributed by atoms with van der Waals surface area (Å²) in [6.45, 7) is 0.757. The van der Waals surface area contributed by atoms with Crippen molar-refractivity contribution in [2.45, 2.75) is 31.5 Å². The highest BCUT2D eigenvalue weighted by Gasteiger charge is 2.23. The monoisotopic (exact) mass is 209 g/mol. The fraction of sp³-hybridized carbons (Fsp3) is 1.00. The first-order chi connectivity index (χ1) is 6.56. The number of ether oxygens (including phenoxy) is 1. The first-order valence-corrected chi connectivity index (χ1v) is 4.47. The van der Waals surface area contributed by atoms with Gasteiger partial charge >= 0.3 is 0 Å². The third-order valence-corrected chi connectivity index (χ3v) is 1.94. The number of hydrogen-bond donors (Lipinski definition) is 5. The quantitative estimate of drug-likeness (QED) is 0.301. The van der Waals surface area contributed by atoms with Crippen molar-refractivity contribution < 1.29 is 25.2 Å². The summed E-state index contributed by atoms with van der Waals surface area (Å²) >= 11 is 0. The molecule has 0 bridgehead atoms. The van der Waals surface area contributed by atoms with Gasteiger partial charge in [-0.2, -0.15) is 0 Å². The highest BCUT2D eigenvalue weighted by atomic mass is 16.6. The lowest BCUT2D eigenvalue weighted by atomic mass is 10.2. The Kier molecular flexibility index (Phi) is 6.98. The van der Waals surface area contributed by atoms with Crippen LogP contribution in [0, 0.1) is 0 Å². The highest BCUT2D eigenvalue weighted by Crippen LogP contribution is 2.04. The minimum atomic E-state index is -1.27. The fourth-order valence-electron chi connectivity index (χ4n) is 0.907. The van der Waals surface area contributed by atoms with Crippen molar-refractivity contribution in [3.63, 3.8) is 0 Å². The molecule has 14 heavy (non-hydrogen) atoms. The molecule has 0 saturated heterocycles. The molecular weight excluding hydrogens is 190 g/mol. The zero-order valence-corrected chi connectivity index (χ0v) is 8.42. The lowest BCUT2D eigenvalue weighted by Gasteiger charge is -2.26. The summed E-state index contributed by atoms with van der Waals surface area (Å²) in [5.41, 5.74) is 0. The van der Waals surface area contributed by atoms with Crippen LogP contribution < -0.4 is 5.32 Å². The van der Waals surface area contributed by atoms with Crippen LogP contribution in [0.25, 0.3) is 0 Å². The molecule has 6 heteroatoms. The Morgan fingerprint density at radius 3 is 2.07 bits per heavy atom. The van der Waals surface area contributed by atoms with Crippen molar-refractivity contribution in [3.05, 3.63) is 0 Å². The third kappa shape index (κ3) is 4.32. The van der Waals surface area contributed by atoms with Crippen LogP contribution >= 0.6 is 0 Å². The molecule has 0 aliphatic heterocycles. The van der Waals surface area contributed by atoms with Gasteiger partial charge in [-0.1, -0.05) is 0 Å². The summed E-state index contributed by atoms with van der Waals surface area (Å²) in [4.78, 5) is 0. The van der Waals surface area contributed by atoms with E-state index in [2.05, 4.69) is 5.32 Å². The first-order valence-electron chi connectivity index (χ1n) is 4.47. The molecule has 86 valence electrons. The second kappa shape index (κ2) is 7.10. The molecule has 2 unspecified atom stereocenters. The average Bonchev–Trinajstić information content (AvgIpc) is 2.15. The molecule has 0 aromatic carbocycles. The molecule has 0 amide bonds. The van der Waals surface area contributed by atoms with Crippen LogP contribution in [0.1, 0.15) is 6.92 Å². The summed E-state index contributed by atoms with van der Waals surface area (Å²) in [5.74, 6) is 0. The molecule has 0 radical (unpaired) electrons. The molecule has 0 rings (SSSR count). The molecule has 0 spiro atoms. The maximum atomic E-state index is 9.39. The molecular formula is C8H19NO5. The zero-order chi connectivity index (χ0) is 11.1. The van der Waals surface area contributed by atoms with Crippen LogP contribution in [0.4, 0.5) is 0 Å². The molecule has 5 N–H and O–H groups in total. The van der Waals surface area contributed by atoms with Gasteiger partial charge in [-0.25, -0.2) is 0 Å². The van der Waals surface area contributed by atoms with Crippen LogP contribution in [0.5, 0.6) is 0 Å². The Morgan fingerprint density at radius 1 is 1.21 bits per heavy atom. The Bertz CT molecular complexity index is 140. The number of likely N-dealkylation sites (N-methyl/N-ethyl adjacent to an activating group) is 1. The van der Waals surface area contributed by atoms with Gasteiger partial charge in [0.1, 0.15) is 6.10 Å². The Balaban J connectivity index is 4.06. The summed E-state index contributed by atoms with van der Waals surface area (Å²) in [6, 6.07) is -0.636. The van der Waals surface area contributed by atoms with Crippen LogP contribution in [0.15, 0.2) is 0 Å². The van der Waals surface area contributed by atoms with E-state index in [0.29, 0.717) is 0 Å². The molecule has 0 heterocycles. The lowest BCUT2D eigenvalue weighted by molar-refractivity contribution is -0.188. The summed E-state index contributed by atoms with van der Waals surface area (Å²) in [5, 5.41) is 38.7. The normalized spacial score (nSPS) is 20.1. The standard InChI is InChI=1S/C8H19NO5/c1-5(12)7(4-11)14-8(13)6(3-10)9-2/h5-13H,3-4H2,1-2H3/t5-,6-,7?,8?/m1/s1. The first kappa shape index (κ1) is 13.8. The van der Waals surface area contributed by atoms with E-state index in [4.69, 9.17) is 20.1 Å². The molecule has 0 fully saturated rings. The van der Waals surface area contributed by atoms with Crippen molar-refractivity contribution in [1.82, 2.24) is 5.32 Å². The Morgan fingerprint density at radius 2 is 1.79 bits per heavy atom. The average molecular weight is 209 g/mol. The van der Waals surface area contributed by atoms with Crippen molar-refractivity contribution in [1.29, 1.82) is 0 Å². The number of aliphatic hydroxyl groups is 4. The molecule has 4 atom stereocenters. The second-order valence-electron chi connectivity index (χ2n) is 3.07. The number of aliphatic hydroxyl groups excluding tert-OH is 4. The van der Waals surface area contributed by atoms with Crippen LogP contribution in [-0.4, -0.2) is 65.2 Å². The van der Waals surface area contributed by atoms with E-state index in [1.165, 1.54) is 6.92 Å². The van der Waals surface area contributed by atoms with Gasteiger partial charge in [-0.05, 0) is 14.0 Å². The van der Waals surface area contributed by atoms with Crippen molar-refractivity contribution in [2.75, 3.05) is 20.3 Å². The fourth-order valence-corrected chi connectivity index (χ4v) is 0.907. The molecule has 0 aliphatic rings. The molecule has 0 aromatic heterocycles. The molecule has 6 nitrogen and oxygen atoms in total. The van der Waals surface area contributed by atoms with Gasteiger partial charge in [0.05, 0.1) is 25.4 Å². The largest absolute Gasteiger partial charge is 0.395 e. The number of rotatable bonds is 7. The van der Waals surface area contributed by atoms with E-state index in [1.54, 1.807) is 7.05 Å². The molecule has 0 saturated carbocycles. The summed E-state index contributed by atoms with van der Waals surface area (Å²) in [7, 11) is 1.56. The number of hydrogen-bond acceptors (Lipinski definition) is 6. The topological polar surface area (TPSA) is 102 Å². The van der Waals surface area contributed by atoms with E-state index >= 15 is 0 Å². The van der Waals surface area contributed by atoms with Crippen molar-refractivity contribution in [3.8, 4) is 0 Å². The second-order valence-corrected chi connectivity index (χ2v) is 3.07. The van der Waals surface area contributed by atoms with Gasteiger partial charge in [0.25, 0.3) is 0 Å². The van der Waals surface area contributed by atoms with Crippen molar-refractivity contribution in [2.24, 2.45) is 0 Å². The van der Waals surface area contributed by atoms with Crippen molar-refractivity contribution >= 4 is 0 Å². The SMILES string of the molecule is CN[C@H](CO)C(O)OC(CO)[C@@H](C)O. The molecule has 0 aromatic rings. The number of nitrogens with one attached hydrogen (secondary N) is 1. The maximum Gasteiger partial charge on any atom is 0.172 e. The van der Waals surface area contributed by atoms with Gasteiger partial charge < -0.3 is 30.5 Å². The minimum absolute atomic E-state index is 0.296. The van der Waals surface area contributed by atoms with E-state index in [1.807, 2.05) is 0 Å². The Labute approximate surface area is 83.1 Å². The maximum absolute atomic E-state index is 9.39. The van der Waals surface area contributed by atoms with Crippen LogP contribution in [-0.2, 0) is 4.74 Å². The predicted molar refractivity (Wildman–Crippen MR) is 49.6 cm³/mol. The summed E-state index contributed by atoms with van der Waals surface area (Å²) in [6.07, 6.45) is -3.00.